The lowest BCUT2D eigenvalue weighted by atomic mass is 10.1. The molecule has 2 heterocycles. The quantitative estimate of drug-likeness (QED) is 0.426. The molecule has 0 aliphatic rings. The first kappa shape index (κ1) is 19.2. The fraction of sp³-hybridized carbons (Fsp3) is 0.0588. The third-order valence-corrected chi connectivity index (χ3v) is 4.52. The van der Waals surface area contributed by atoms with Gasteiger partial charge >= 0.3 is 6.18 Å². The fourth-order valence-corrected chi connectivity index (χ4v) is 3.03. The normalized spacial score (nSPS) is 11.4. The Morgan fingerprint density at radius 3 is 2.48 bits per heavy atom. The minimum Gasteiger partial charge on any atom is -0.384 e. The van der Waals surface area contributed by atoms with Crippen LogP contribution in [0.15, 0.2) is 53.6 Å². The Balaban J connectivity index is 1.96. The van der Waals surface area contributed by atoms with Crippen molar-refractivity contribution in [2.45, 2.75) is 11.1 Å². The summed E-state index contributed by atoms with van der Waals surface area (Å²) in [6.45, 7) is 0. The number of hydrogen-bond acceptors (Lipinski definition) is 5. The lowest BCUT2D eigenvalue weighted by Crippen LogP contribution is -2.09. The summed E-state index contributed by atoms with van der Waals surface area (Å²) in [5, 5.41) is -0.166. The second-order valence-electron chi connectivity index (χ2n) is 5.34. The Bertz CT molecular complexity index is 964. The Hall–Kier alpha value is -2.52. The predicted octanol–water partition coefficient (Wildman–Crippen LogP) is 5.66. The molecule has 0 spiro atoms. The first-order valence-corrected chi connectivity index (χ1v) is 8.61. The molecule has 4 nitrogen and oxygen atoms in total. The van der Waals surface area contributed by atoms with Crippen LogP contribution < -0.4 is 10.5 Å². The Morgan fingerprint density at radius 1 is 1.07 bits per heavy atom. The molecule has 0 bridgehead atoms. The standard InChI is InChI=1S/C17H11ClF4N4S/c18-13-7-9(19)1-3-11(13)16-12(17(20,21)22)4-6-15(25-16)26-27-10-2-5-14(23)24-8-10/h1-8H,(H2,23,24)(H,25,26). The van der Waals surface area contributed by atoms with Gasteiger partial charge in [0.25, 0.3) is 0 Å². The molecule has 140 valence electrons. The summed E-state index contributed by atoms with van der Waals surface area (Å²) in [6, 6.07) is 8.50. The molecule has 0 amide bonds. The summed E-state index contributed by atoms with van der Waals surface area (Å²) >= 11 is 7.03. The van der Waals surface area contributed by atoms with Crippen molar-refractivity contribution >= 4 is 35.2 Å². The van der Waals surface area contributed by atoms with Gasteiger partial charge < -0.3 is 10.5 Å². The van der Waals surface area contributed by atoms with Crippen molar-refractivity contribution < 1.29 is 17.6 Å². The highest BCUT2D eigenvalue weighted by Gasteiger charge is 2.35. The molecule has 0 saturated heterocycles. The van der Waals surface area contributed by atoms with Gasteiger partial charge in [0.15, 0.2) is 0 Å². The zero-order valence-electron chi connectivity index (χ0n) is 13.4. The third kappa shape index (κ3) is 4.61. The minimum absolute atomic E-state index is 0.0202. The van der Waals surface area contributed by atoms with Crippen LogP contribution in [0.4, 0.5) is 29.2 Å². The Morgan fingerprint density at radius 2 is 1.85 bits per heavy atom. The third-order valence-electron chi connectivity index (χ3n) is 3.42. The van der Waals surface area contributed by atoms with E-state index in [1.165, 1.54) is 12.3 Å². The van der Waals surface area contributed by atoms with E-state index in [2.05, 4.69) is 14.7 Å². The molecule has 2 aromatic heterocycles. The van der Waals surface area contributed by atoms with Gasteiger partial charge in [-0.1, -0.05) is 11.6 Å². The van der Waals surface area contributed by atoms with Crippen LogP contribution in [0, 0.1) is 5.82 Å². The topological polar surface area (TPSA) is 63.8 Å². The minimum atomic E-state index is -4.65. The average molecular weight is 415 g/mol. The van der Waals surface area contributed by atoms with E-state index in [1.54, 1.807) is 12.1 Å². The molecule has 0 saturated carbocycles. The van der Waals surface area contributed by atoms with Gasteiger partial charge in [-0.3, -0.25) is 0 Å². The molecule has 1 aromatic carbocycles. The number of alkyl halides is 3. The van der Waals surface area contributed by atoms with Crippen molar-refractivity contribution in [3.05, 3.63) is 65.1 Å². The molecule has 3 aromatic rings. The van der Waals surface area contributed by atoms with Crippen molar-refractivity contribution in [1.29, 1.82) is 0 Å². The monoisotopic (exact) mass is 414 g/mol. The molecule has 0 unspecified atom stereocenters. The number of pyridine rings is 2. The van der Waals surface area contributed by atoms with Crippen LogP contribution in [0.3, 0.4) is 0 Å². The predicted molar refractivity (Wildman–Crippen MR) is 97.8 cm³/mol. The van der Waals surface area contributed by atoms with Crippen molar-refractivity contribution in [3.63, 3.8) is 0 Å². The highest BCUT2D eigenvalue weighted by Crippen LogP contribution is 2.39. The van der Waals surface area contributed by atoms with Crippen LogP contribution in [0.5, 0.6) is 0 Å². The highest BCUT2D eigenvalue weighted by atomic mass is 35.5. The van der Waals surface area contributed by atoms with Crippen LogP contribution in [0.2, 0.25) is 5.02 Å². The lowest BCUT2D eigenvalue weighted by molar-refractivity contribution is -0.137. The molecule has 3 rings (SSSR count). The first-order valence-electron chi connectivity index (χ1n) is 7.42. The molecule has 27 heavy (non-hydrogen) atoms. The van der Waals surface area contributed by atoms with E-state index in [0.717, 1.165) is 36.2 Å². The van der Waals surface area contributed by atoms with Gasteiger partial charge in [-0.25, -0.2) is 14.4 Å². The molecule has 0 atom stereocenters. The van der Waals surface area contributed by atoms with Crippen LogP contribution in [0.1, 0.15) is 5.56 Å². The van der Waals surface area contributed by atoms with Gasteiger partial charge in [0, 0.05) is 16.7 Å². The van der Waals surface area contributed by atoms with Crippen molar-refractivity contribution in [2.24, 2.45) is 0 Å². The number of rotatable bonds is 4. The molecular weight excluding hydrogens is 404 g/mol. The van der Waals surface area contributed by atoms with E-state index >= 15 is 0 Å². The van der Waals surface area contributed by atoms with Crippen molar-refractivity contribution in [3.8, 4) is 11.3 Å². The largest absolute Gasteiger partial charge is 0.418 e. The molecule has 0 aliphatic heterocycles. The van der Waals surface area contributed by atoms with Crippen molar-refractivity contribution in [2.75, 3.05) is 10.5 Å². The maximum Gasteiger partial charge on any atom is 0.418 e. The van der Waals surface area contributed by atoms with E-state index in [-0.39, 0.29) is 16.4 Å². The molecule has 0 radical (unpaired) electrons. The second kappa shape index (κ2) is 7.61. The first-order chi connectivity index (χ1) is 12.7. The number of hydrogen-bond donors (Lipinski definition) is 2. The van der Waals surface area contributed by atoms with Gasteiger partial charge in [-0.2, -0.15) is 13.2 Å². The second-order valence-corrected chi connectivity index (χ2v) is 6.62. The maximum atomic E-state index is 13.4. The number of nitrogens with two attached hydrogens (primary N) is 1. The molecule has 0 aliphatic carbocycles. The van der Waals surface area contributed by atoms with Gasteiger partial charge in [-0.05, 0) is 54.4 Å². The van der Waals surface area contributed by atoms with Crippen LogP contribution >= 0.6 is 23.5 Å². The SMILES string of the molecule is Nc1ccc(SNc2ccc(C(F)(F)F)c(-c3ccc(F)cc3Cl)n2)cn1. The van der Waals surface area contributed by atoms with Crippen LogP contribution in [0.25, 0.3) is 11.3 Å². The molecule has 0 fully saturated rings. The van der Waals surface area contributed by atoms with Crippen molar-refractivity contribution in [1.82, 2.24) is 9.97 Å². The van der Waals surface area contributed by atoms with E-state index in [0.29, 0.717) is 10.7 Å². The van der Waals surface area contributed by atoms with Gasteiger partial charge in [0.05, 0.1) is 16.3 Å². The van der Waals surface area contributed by atoms with Gasteiger partial charge in [0.1, 0.15) is 17.5 Å². The zero-order chi connectivity index (χ0) is 19.6. The summed E-state index contributed by atoms with van der Waals surface area (Å²) in [6.07, 6.45) is -3.14. The molecule has 10 heteroatoms. The number of halogens is 5. The fourth-order valence-electron chi connectivity index (χ4n) is 2.19. The Labute approximate surface area is 160 Å². The summed E-state index contributed by atoms with van der Waals surface area (Å²) in [7, 11) is 0. The van der Waals surface area contributed by atoms with Crippen LogP contribution in [-0.4, -0.2) is 9.97 Å². The van der Waals surface area contributed by atoms with E-state index in [9.17, 15) is 17.6 Å². The summed E-state index contributed by atoms with van der Waals surface area (Å²) in [5.74, 6) is -0.140. The summed E-state index contributed by atoms with van der Waals surface area (Å²) < 4.78 is 56.2. The highest BCUT2D eigenvalue weighted by molar-refractivity contribution is 8.00. The average Bonchev–Trinajstić information content (AvgIpc) is 2.60. The van der Waals surface area contributed by atoms with Crippen LogP contribution in [-0.2, 0) is 6.18 Å². The Kier molecular flexibility index (Phi) is 5.43. The number of aromatic nitrogens is 2. The number of benzene rings is 1. The summed E-state index contributed by atoms with van der Waals surface area (Å²) in [5.41, 5.74) is 4.11. The number of nitrogens with one attached hydrogen (secondary N) is 1. The number of nitrogens with zero attached hydrogens (tertiary/aromatic N) is 2. The number of anilines is 2. The summed E-state index contributed by atoms with van der Waals surface area (Å²) in [4.78, 5) is 8.63. The molecular formula is C17H11ClF4N4S. The van der Waals surface area contributed by atoms with E-state index < -0.39 is 23.3 Å². The van der Waals surface area contributed by atoms with Gasteiger partial charge in [-0.15, -0.1) is 0 Å². The zero-order valence-corrected chi connectivity index (χ0v) is 15.0. The van der Waals surface area contributed by atoms with E-state index in [4.69, 9.17) is 17.3 Å². The van der Waals surface area contributed by atoms with E-state index in [1.807, 2.05) is 0 Å². The lowest BCUT2D eigenvalue weighted by Gasteiger charge is -2.15. The smallest absolute Gasteiger partial charge is 0.384 e. The number of nitrogen functional groups attached to an aromatic ring is 1. The molecule has 3 N–H and O–H groups in total. The van der Waals surface area contributed by atoms with Gasteiger partial charge in [0.2, 0.25) is 0 Å². The maximum absolute atomic E-state index is 13.4.